The summed E-state index contributed by atoms with van der Waals surface area (Å²) < 4.78 is 12.1. The van der Waals surface area contributed by atoms with Crippen LogP contribution in [0.25, 0.3) is 0 Å². The lowest BCUT2D eigenvalue weighted by molar-refractivity contribution is 0.265. The Bertz CT molecular complexity index is 281. The van der Waals surface area contributed by atoms with Crippen LogP contribution in [0, 0.1) is 5.92 Å². The maximum absolute atomic E-state index is 12.1. The SMILES string of the molecule is CCNC(=NCCCF)NC1CN(C(C)C)CC1C. The first-order chi connectivity index (χ1) is 9.08. The Morgan fingerprint density at radius 1 is 1.42 bits per heavy atom. The van der Waals surface area contributed by atoms with Crippen molar-refractivity contribution in [2.24, 2.45) is 10.9 Å². The molecule has 1 fully saturated rings. The molecule has 2 atom stereocenters. The predicted octanol–water partition coefficient (Wildman–Crippen LogP) is 1.63. The van der Waals surface area contributed by atoms with Gasteiger partial charge in [-0.25, -0.2) is 0 Å². The van der Waals surface area contributed by atoms with Crippen LogP contribution in [0.4, 0.5) is 4.39 Å². The summed E-state index contributed by atoms with van der Waals surface area (Å²) in [7, 11) is 0. The Morgan fingerprint density at radius 3 is 2.68 bits per heavy atom. The molecule has 19 heavy (non-hydrogen) atoms. The molecule has 5 heteroatoms. The van der Waals surface area contributed by atoms with Crippen molar-refractivity contribution in [3.05, 3.63) is 0 Å². The fourth-order valence-corrected chi connectivity index (χ4v) is 2.36. The minimum Gasteiger partial charge on any atom is -0.357 e. The van der Waals surface area contributed by atoms with Gasteiger partial charge in [-0.05, 0) is 33.1 Å². The summed E-state index contributed by atoms with van der Waals surface area (Å²) in [6.45, 7) is 12.0. The van der Waals surface area contributed by atoms with Crippen LogP contribution in [0.1, 0.15) is 34.1 Å². The van der Waals surface area contributed by atoms with Gasteiger partial charge in [0.1, 0.15) is 0 Å². The monoisotopic (exact) mass is 272 g/mol. The van der Waals surface area contributed by atoms with Gasteiger partial charge in [0.2, 0.25) is 0 Å². The fraction of sp³-hybridized carbons (Fsp3) is 0.929. The zero-order valence-electron chi connectivity index (χ0n) is 12.7. The number of rotatable bonds is 6. The number of halogens is 1. The van der Waals surface area contributed by atoms with Gasteiger partial charge in [-0.2, -0.15) is 0 Å². The Morgan fingerprint density at radius 2 is 2.16 bits per heavy atom. The van der Waals surface area contributed by atoms with Crippen LogP contribution < -0.4 is 10.6 Å². The molecule has 0 aromatic carbocycles. The highest BCUT2D eigenvalue weighted by molar-refractivity contribution is 5.80. The molecule has 0 bridgehead atoms. The van der Waals surface area contributed by atoms with E-state index in [1.165, 1.54) is 0 Å². The normalized spacial score (nSPS) is 25.1. The molecule has 1 aliphatic rings. The van der Waals surface area contributed by atoms with Gasteiger partial charge in [0, 0.05) is 38.3 Å². The molecule has 1 aliphatic heterocycles. The Labute approximate surface area is 116 Å². The van der Waals surface area contributed by atoms with Crippen LogP contribution in [0.15, 0.2) is 4.99 Å². The van der Waals surface area contributed by atoms with E-state index in [1.807, 2.05) is 6.92 Å². The second-order valence-electron chi connectivity index (χ2n) is 5.58. The molecule has 1 saturated heterocycles. The van der Waals surface area contributed by atoms with Gasteiger partial charge in [-0.1, -0.05) is 6.92 Å². The summed E-state index contributed by atoms with van der Waals surface area (Å²) >= 11 is 0. The molecule has 0 radical (unpaired) electrons. The van der Waals surface area contributed by atoms with Crippen molar-refractivity contribution in [3.63, 3.8) is 0 Å². The zero-order chi connectivity index (χ0) is 14.3. The largest absolute Gasteiger partial charge is 0.357 e. The van der Waals surface area contributed by atoms with Gasteiger partial charge in [-0.15, -0.1) is 0 Å². The van der Waals surface area contributed by atoms with Gasteiger partial charge >= 0.3 is 0 Å². The molecule has 0 aromatic rings. The summed E-state index contributed by atoms with van der Waals surface area (Å²) in [5.41, 5.74) is 0. The lowest BCUT2D eigenvalue weighted by atomic mass is 10.1. The Kier molecular flexibility index (Phi) is 7.13. The summed E-state index contributed by atoms with van der Waals surface area (Å²) in [5, 5.41) is 6.72. The molecule has 1 rings (SSSR count). The van der Waals surface area contributed by atoms with Crippen LogP contribution in [0.5, 0.6) is 0 Å². The number of likely N-dealkylation sites (tertiary alicyclic amines) is 1. The maximum Gasteiger partial charge on any atom is 0.191 e. The second-order valence-corrected chi connectivity index (χ2v) is 5.58. The fourth-order valence-electron chi connectivity index (χ4n) is 2.36. The standard InChI is InChI=1S/C14H29FN4/c1-5-16-14(17-8-6-7-15)18-13-10-19(11(2)3)9-12(13)4/h11-13H,5-10H2,1-4H3,(H2,16,17,18). The number of guanidine groups is 1. The van der Waals surface area contributed by atoms with Crippen molar-refractivity contribution >= 4 is 5.96 Å². The Hall–Kier alpha value is -0.840. The van der Waals surface area contributed by atoms with E-state index >= 15 is 0 Å². The van der Waals surface area contributed by atoms with E-state index in [9.17, 15) is 4.39 Å². The van der Waals surface area contributed by atoms with Gasteiger partial charge in [-0.3, -0.25) is 14.3 Å². The molecule has 0 aromatic heterocycles. The van der Waals surface area contributed by atoms with E-state index in [4.69, 9.17) is 0 Å². The summed E-state index contributed by atoms with van der Waals surface area (Å²) in [5.74, 6) is 1.42. The smallest absolute Gasteiger partial charge is 0.191 e. The first-order valence-electron chi connectivity index (χ1n) is 7.43. The van der Waals surface area contributed by atoms with E-state index in [1.54, 1.807) is 0 Å². The van der Waals surface area contributed by atoms with Crippen molar-refractivity contribution in [1.82, 2.24) is 15.5 Å². The number of alkyl halides is 1. The van der Waals surface area contributed by atoms with Crippen molar-refractivity contribution in [1.29, 1.82) is 0 Å². The van der Waals surface area contributed by atoms with Crippen molar-refractivity contribution in [3.8, 4) is 0 Å². The second kappa shape index (κ2) is 8.35. The molecule has 1 heterocycles. The first-order valence-corrected chi connectivity index (χ1v) is 7.43. The van der Waals surface area contributed by atoms with Crippen molar-refractivity contribution in [2.45, 2.75) is 46.2 Å². The molecular weight excluding hydrogens is 243 g/mol. The summed E-state index contributed by atoms with van der Waals surface area (Å²) in [6.07, 6.45) is 0.495. The quantitative estimate of drug-likeness (QED) is 0.438. The molecule has 112 valence electrons. The van der Waals surface area contributed by atoms with Gasteiger partial charge in [0.05, 0.1) is 6.67 Å². The minimum atomic E-state index is -0.302. The highest BCUT2D eigenvalue weighted by Crippen LogP contribution is 2.18. The molecule has 0 amide bonds. The predicted molar refractivity (Wildman–Crippen MR) is 79.4 cm³/mol. The summed E-state index contributed by atoms with van der Waals surface area (Å²) in [4.78, 5) is 6.89. The number of aliphatic imine (C=N–C) groups is 1. The molecule has 0 saturated carbocycles. The molecular formula is C14H29FN4. The average Bonchev–Trinajstić information content (AvgIpc) is 2.72. The topological polar surface area (TPSA) is 39.7 Å². The Balaban J connectivity index is 2.51. The lowest BCUT2D eigenvalue weighted by Crippen LogP contribution is -2.46. The van der Waals surface area contributed by atoms with Crippen molar-refractivity contribution < 1.29 is 4.39 Å². The van der Waals surface area contributed by atoms with E-state index in [-0.39, 0.29) is 6.67 Å². The highest BCUT2D eigenvalue weighted by Gasteiger charge is 2.31. The maximum atomic E-state index is 12.1. The highest BCUT2D eigenvalue weighted by atomic mass is 19.1. The van der Waals surface area contributed by atoms with E-state index in [0.29, 0.717) is 31.0 Å². The summed E-state index contributed by atoms with van der Waals surface area (Å²) in [6, 6.07) is 1.01. The van der Waals surface area contributed by atoms with Crippen LogP contribution >= 0.6 is 0 Å². The van der Waals surface area contributed by atoms with E-state index < -0.39 is 0 Å². The molecule has 0 spiro atoms. The number of hydrogen-bond acceptors (Lipinski definition) is 2. The third-order valence-corrected chi connectivity index (χ3v) is 3.60. The van der Waals surface area contributed by atoms with Crippen LogP contribution in [0.3, 0.4) is 0 Å². The number of nitrogens with zero attached hydrogens (tertiary/aromatic N) is 2. The molecule has 2 unspecified atom stereocenters. The zero-order valence-corrected chi connectivity index (χ0v) is 12.7. The van der Waals surface area contributed by atoms with Crippen LogP contribution in [-0.2, 0) is 0 Å². The lowest BCUT2D eigenvalue weighted by Gasteiger charge is -2.21. The van der Waals surface area contributed by atoms with Crippen LogP contribution in [-0.4, -0.2) is 55.8 Å². The van der Waals surface area contributed by atoms with E-state index in [0.717, 1.165) is 25.6 Å². The molecule has 4 nitrogen and oxygen atoms in total. The third-order valence-electron chi connectivity index (χ3n) is 3.60. The van der Waals surface area contributed by atoms with Gasteiger partial charge in [0.25, 0.3) is 0 Å². The third kappa shape index (κ3) is 5.35. The molecule has 2 N–H and O–H groups in total. The number of hydrogen-bond donors (Lipinski definition) is 2. The number of nitrogens with one attached hydrogen (secondary N) is 2. The average molecular weight is 272 g/mol. The minimum absolute atomic E-state index is 0.302. The van der Waals surface area contributed by atoms with Gasteiger partial charge in [0.15, 0.2) is 5.96 Å². The van der Waals surface area contributed by atoms with Crippen LogP contribution in [0.2, 0.25) is 0 Å². The van der Waals surface area contributed by atoms with Gasteiger partial charge < -0.3 is 10.6 Å². The van der Waals surface area contributed by atoms with Crippen molar-refractivity contribution in [2.75, 3.05) is 32.9 Å². The van der Waals surface area contributed by atoms with E-state index in [2.05, 4.69) is 41.3 Å². The molecule has 0 aliphatic carbocycles. The first kappa shape index (κ1) is 16.2.